The molecule has 6 nitrogen and oxygen atoms in total. The Morgan fingerprint density at radius 2 is 1.47 bits per heavy atom. The zero-order valence-corrected chi connectivity index (χ0v) is 11.8. The van der Waals surface area contributed by atoms with Gasteiger partial charge in [-0.25, -0.2) is 4.79 Å². The largest absolute Gasteiger partial charge is 0.361 e. The molecule has 6 heteroatoms. The predicted molar refractivity (Wildman–Crippen MR) is 73.1 cm³/mol. The maximum Gasteiger partial charge on any atom is 0.361 e. The highest BCUT2D eigenvalue weighted by atomic mass is 16.2. The van der Waals surface area contributed by atoms with Crippen molar-refractivity contribution in [3.63, 3.8) is 0 Å². The fraction of sp³-hybridized carbons (Fsp3) is 0.846. The predicted octanol–water partition coefficient (Wildman–Crippen LogP) is 2.30. The lowest BCUT2D eigenvalue weighted by Gasteiger charge is -2.23. The second kappa shape index (κ2) is 9.47. The summed E-state index contributed by atoms with van der Waals surface area (Å²) in [4.78, 5) is 24.7. The van der Waals surface area contributed by atoms with E-state index in [0.29, 0.717) is 0 Å². The number of carbonyl (C=O) groups is 2. The highest BCUT2D eigenvalue weighted by Crippen LogP contribution is 2.09. The van der Waals surface area contributed by atoms with Gasteiger partial charge in [0.15, 0.2) is 0 Å². The number of hydrogen-bond acceptors (Lipinski definition) is 3. The van der Waals surface area contributed by atoms with E-state index in [1.807, 2.05) is 4.90 Å². The molecule has 0 aromatic rings. The molecule has 0 atom stereocenters. The van der Waals surface area contributed by atoms with Crippen LogP contribution in [0.3, 0.4) is 0 Å². The first kappa shape index (κ1) is 15.6. The van der Waals surface area contributed by atoms with E-state index in [9.17, 15) is 9.59 Å². The zero-order valence-electron chi connectivity index (χ0n) is 11.8. The van der Waals surface area contributed by atoms with E-state index in [4.69, 9.17) is 0 Å². The minimum atomic E-state index is -0.188. The maximum absolute atomic E-state index is 11.1. The minimum Gasteiger partial charge on any atom is -0.345 e. The van der Waals surface area contributed by atoms with Gasteiger partial charge in [0, 0.05) is 33.2 Å². The zero-order chi connectivity index (χ0) is 13.9. The maximum atomic E-state index is 11.1. The van der Waals surface area contributed by atoms with E-state index < -0.39 is 0 Å². The Morgan fingerprint density at radius 1 is 0.947 bits per heavy atom. The Bertz CT molecular complexity index is 295. The molecule has 0 aromatic carbocycles. The fourth-order valence-electron chi connectivity index (χ4n) is 2.26. The molecule has 0 radical (unpaired) electrons. The third kappa shape index (κ3) is 6.31. The first-order valence-electron chi connectivity index (χ1n) is 7.06. The van der Waals surface area contributed by atoms with Crippen LogP contribution >= 0.6 is 0 Å². The van der Waals surface area contributed by atoms with Gasteiger partial charge in [-0.15, -0.1) is 0 Å². The number of amides is 3. The normalized spacial score (nSPS) is 19.8. The Morgan fingerprint density at radius 3 is 1.89 bits per heavy atom. The van der Waals surface area contributed by atoms with E-state index in [0.717, 1.165) is 45.4 Å². The van der Waals surface area contributed by atoms with Crippen LogP contribution in [0.4, 0.5) is 4.79 Å². The van der Waals surface area contributed by atoms with Crippen LogP contribution in [-0.2, 0) is 4.79 Å². The molecule has 0 saturated carbocycles. The lowest BCUT2D eigenvalue weighted by molar-refractivity contribution is -0.118. The summed E-state index contributed by atoms with van der Waals surface area (Å²) < 4.78 is 0. The van der Waals surface area contributed by atoms with Crippen LogP contribution in [0.2, 0.25) is 0 Å². The molecule has 3 amide bonds. The highest BCUT2D eigenvalue weighted by Gasteiger charge is 2.14. The Hall–Kier alpha value is -1.46. The SMILES string of the molecule is CN=NC(=O)N1CCCCC1.O=CN1CCCCC1. The minimum absolute atomic E-state index is 0.188. The number of rotatable bonds is 1. The standard InChI is InChI=1S/C7H13N3O.C6H11NO/c1-8-9-7(11)10-5-3-2-4-6-10;8-6-7-4-2-1-3-5-7/h2-6H2,1H3;6H,1-5H2. The van der Waals surface area contributed by atoms with E-state index in [1.165, 1.54) is 32.7 Å². The molecule has 0 N–H and O–H groups in total. The molecule has 2 aliphatic rings. The molecule has 19 heavy (non-hydrogen) atoms. The lowest BCUT2D eigenvalue weighted by atomic mass is 10.1. The average Bonchev–Trinajstić information content (AvgIpc) is 2.50. The van der Waals surface area contributed by atoms with E-state index in [2.05, 4.69) is 10.2 Å². The molecule has 0 spiro atoms. The van der Waals surface area contributed by atoms with E-state index >= 15 is 0 Å². The monoisotopic (exact) mass is 268 g/mol. The van der Waals surface area contributed by atoms with Crippen LogP contribution in [-0.4, -0.2) is 55.5 Å². The summed E-state index contributed by atoms with van der Waals surface area (Å²) in [6.07, 6.45) is 8.06. The molecule has 0 aliphatic carbocycles. The number of azo groups is 1. The fourth-order valence-corrected chi connectivity index (χ4v) is 2.26. The van der Waals surface area contributed by atoms with Crippen LogP contribution in [0.1, 0.15) is 38.5 Å². The summed E-state index contributed by atoms with van der Waals surface area (Å²) in [5, 5.41) is 6.90. The molecular formula is C13H24N4O2. The Labute approximate surface area is 114 Å². The number of likely N-dealkylation sites (tertiary alicyclic amines) is 2. The number of carbonyl (C=O) groups excluding carboxylic acids is 2. The van der Waals surface area contributed by atoms with Crippen molar-refractivity contribution in [3.05, 3.63) is 0 Å². The number of urea groups is 1. The van der Waals surface area contributed by atoms with Gasteiger partial charge < -0.3 is 9.80 Å². The second-order valence-corrected chi connectivity index (χ2v) is 4.83. The number of hydrogen-bond donors (Lipinski definition) is 0. The van der Waals surface area contributed by atoms with Gasteiger partial charge in [0.1, 0.15) is 0 Å². The van der Waals surface area contributed by atoms with Gasteiger partial charge in [-0.3, -0.25) is 4.79 Å². The molecule has 0 aromatic heterocycles. The molecule has 2 fully saturated rings. The van der Waals surface area contributed by atoms with Crippen molar-refractivity contribution in [3.8, 4) is 0 Å². The van der Waals surface area contributed by atoms with Crippen LogP contribution in [0.15, 0.2) is 10.2 Å². The van der Waals surface area contributed by atoms with E-state index in [1.54, 1.807) is 4.90 Å². The van der Waals surface area contributed by atoms with Crippen molar-refractivity contribution in [1.82, 2.24) is 9.80 Å². The summed E-state index contributed by atoms with van der Waals surface area (Å²) >= 11 is 0. The molecule has 108 valence electrons. The lowest BCUT2D eigenvalue weighted by Crippen LogP contribution is -2.33. The van der Waals surface area contributed by atoms with Gasteiger partial charge in [0.25, 0.3) is 0 Å². The van der Waals surface area contributed by atoms with Crippen LogP contribution in [0, 0.1) is 0 Å². The van der Waals surface area contributed by atoms with Crippen molar-refractivity contribution in [2.75, 3.05) is 33.2 Å². The molecule has 2 heterocycles. The topological polar surface area (TPSA) is 65.3 Å². The molecule has 2 saturated heterocycles. The Kier molecular flexibility index (Phi) is 7.77. The molecule has 2 aliphatic heterocycles. The highest BCUT2D eigenvalue weighted by molar-refractivity contribution is 5.74. The molecule has 0 unspecified atom stereocenters. The van der Waals surface area contributed by atoms with Gasteiger partial charge >= 0.3 is 6.03 Å². The van der Waals surface area contributed by atoms with Gasteiger partial charge in [0.05, 0.1) is 0 Å². The van der Waals surface area contributed by atoms with Crippen LogP contribution in [0.5, 0.6) is 0 Å². The third-order valence-corrected chi connectivity index (χ3v) is 3.35. The van der Waals surface area contributed by atoms with E-state index in [-0.39, 0.29) is 6.03 Å². The molecule has 0 bridgehead atoms. The van der Waals surface area contributed by atoms with Gasteiger partial charge in [0.2, 0.25) is 6.41 Å². The van der Waals surface area contributed by atoms with Crippen LogP contribution in [0.25, 0.3) is 0 Å². The smallest absolute Gasteiger partial charge is 0.345 e. The average molecular weight is 268 g/mol. The first-order valence-corrected chi connectivity index (χ1v) is 7.06. The number of piperidine rings is 2. The summed E-state index contributed by atoms with van der Waals surface area (Å²) in [7, 11) is 1.52. The summed E-state index contributed by atoms with van der Waals surface area (Å²) in [6, 6.07) is -0.188. The van der Waals surface area contributed by atoms with Crippen molar-refractivity contribution >= 4 is 12.4 Å². The van der Waals surface area contributed by atoms with Crippen molar-refractivity contribution in [2.45, 2.75) is 38.5 Å². The second-order valence-electron chi connectivity index (χ2n) is 4.83. The Balaban J connectivity index is 0.000000200. The van der Waals surface area contributed by atoms with Crippen molar-refractivity contribution in [1.29, 1.82) is 0 Å². The van der Waals surface area contributed by atoms with Gasteiger partial charge in [-0.05, 0) is 38.5 Å². The molecule has 2 rings (SSSR count). The van der Waals surface area contributed by atoms with Crippen LogP contribution < -0.4 is 0 Å². The van der Waals surface area contributed by atoms with Gasteiger partial charge in [-0.2, -0.15) is 5.11 Å². The third-order valence-electron chi connectivity index (χ3n) is 3.35. The summed E-state index contributed by atoms with van der Waals surface area (Å²) in [6.45, 7) is 3.64. The summed E-state index contributed by atoms with van der Waals surface area (Å²) in [5.41, 5.74) is 0. The number of nitrogens with zero attached hydrogens (tertiary/aromatic N) is 4. The van der Waals surface area contributed by atoms with Crippen molar-refractivity contribution < 1.29 is 9.59 Å². The molecular weight excluding hydrogens is 244 g/mol. The summed E-state index contributed by atoms with van der Waals surface area (Å²) in [5.74, 6) is 0. The van der Waals surface area contributed by atoms with Crippen molar-refractivity contribution in [2.24, 2.45) is 10.2 Å². The first-order chi connectivity index (χ1) is 9.27. The quantitative estimate of drug-likeness (QED) is 0.541. The van der Waals surface area contributed by atoms with Gasteiger partial charge in [-0.1, -0.05) is 5.11 Å².